The number of alkyl halides is 6. The summed E-state index contributed by atoms with van der Waals surface area (Å²) < 4.78 is 107. The van der Waals surface area contributed by atoms with Gasteiger partial charge in [-0.25, -0.2) is 8.42 Å². The molecule has 2 aromatic carbocycles. The molecule has 1 fully saturated rings. The van der Waals surface area contributed by atoms with Gasteiger partial charge in [0.05, 0.1) is 29.0 Å². The number of sulfonamides is 1. The predicted octanol–water partition coefficient (Wildman–Crippen LogP) is 4.07. The van der Waals surface area contributed by atoms with Crippen LogP contribution in [0.5, 0.6) is 0 Å². The highest BCUT2D eigenvalue weighted by Gasteiger charge is 2.44. The predicted molar refractivity (Wildman–Crippen MR) is 132 cm³/mol. The molecule has 1 aliphatic carbocycles. The van der Waals surface area contributed by atoms with Crippen LogP contribution in [0.15, 0.2) is 47.4 Å². The summed E-state index contributed by atoms with van der Waals surface area (Å²) in [6.45, 7) is 1.99. The summed E-state index contributed by atoms with van der Waals surface area (Å²) in [5.74, 6) is -1.05. The summed E-state index contributed by atoms with van der Waals surface area (Å²) in [6, 6.07) is 4.58. The number of fused-ring (bicyclic) bond motifs is 1. The maximum atomic E-state index is 13.7. The van der Waals surface area contributed by atoms with Gasteiger partial charge in [-0.1, -0.05) is 24.3 Å². The number of β-amino-alcohol motifs (C(OH)–C–C–N with tert-alkyl or cyclic N) is 1. The van der Waals surface area contributed by atoms with Crippen molar-refractivity contribution >= 4 is 15.9 Å². The summed E-state index contributed by atoms with van der Waals surface area (Å²) in [5.41, 5.74) is 1.39. The fourth-order valence-electron chi connectivity index (χ4n) is 5.09. The van der Waals surface area contributed by atoms with Crippen molar-refractivity contribution in [1.82, 2.24) is 14.9 Å². The first-order valence-electron chi connectivity index (χ1n) is 12.7. The van der Waals surface area contributed by atoms with Crippen molar-refractivity contribution < 1.29 is 44.7 Å². The van der Waals surface area contributed by atoms with E-state index in [1.54, 1.807) is 0 Å². The number of halogens is 6. The van der Waals surface area contributed by atoms with E-state index in [-0.39, 0.29) is 12.2 Å². The van der Waals surface area contributed by atoms with Crippen molar-refractivity contribution in [3.8, 4) is 0 Å². The van der Waals surface area contributed by atoms with E-state index >= 15 is 0 Å². The Hall–Kier alpha value is -2.68. The fraction of sp³-hybridized carbons (Fsp3) is 0.500. The molecule has 3 atom stereocenters. The lowest BCUT2D eigenvalue weighted by atomic mass is 9.86. The number of hydrogen-bond donors (Lipinski definition) is 3. The van der Waals surface area contributed by atoms with E-state index in [9.17, 15) is 44.7 Å². The second-order valence-corrected chi connectivity index (χ2v) is 11.9. The summed E-state index contributed by atoms with van der Waals surface area (Å²) in [6.07, 6.45) is -9.15. The molecule has 4 rings (SSSR count). The van der Waals surface area contributed by atoms with Gasteiger partial charge in [-0.15, -0.1) is 0 Å². The Kier molecular flexibility index (Phi) is 8.83. The number of nitrogens with one attached hydrogen (secondary N) is 2. The maximum Gasteiger partial charge on any atom is 0.416 e. The number of rotatable bonds is 8. The molecule has 3 N–H and O–H groups in total. The van der Waals surface area contributed by atoms with Crippen molar-refractivity contribution in [2.75, 3.05) is 13.1 Å². The molecule has 1 aliphatic heterocycles. The molecule has 0 bridgehead atoms. The second kappa shape index (κ2) is 11.7. The van der Waals surface area contributed by atoms with Crippen LogP contribution in [0.2, 0.25) is 0 Å². The zero-order chi connectivity index (χ0) is 29.3. The summed E-state index contributed by atoms with van der Waals surface area (Å²) >= 11 is 0. The van der Waals surface area contributed by atoms with Crippen LogP contribution in [-0.4, -0.2) is 55.7 Å². The molecule has 2 aliphatic rings. The standard InChI is InChI=1S/C26H29F6N3O4S/c27-25(28,29)18-4-2-5-20(12-18)40(38,39)34-23(26(30,31)32)13-24(37)33-22-6-1-3-17-11-16(7-8-21(17)22)14-35-10-9-19(36)15-35/h2,4-5,7-8,11-12,19,22-23,34,36H,1,3,6,9-10,13-15H2,(H,33,37)/t19-,22-,23-/m1/s1. The minimum atomic E-state index is -5.19. The molecular formula is C26H29F6N3O4S. The summed E-state index contributed by atoms with van der Waals surface area (Å²) in [5, 5.41) is 12.3. The van der Waals surface area contributed by atoms with Gasteiger partial charge in [-0.05, 0) is 60.6 Å². The molecule has 7 nitrogen and oxygen atoms in total. The molecule has 0 saturated carbocycles. The van der Waals surface area contributed by atoms with Crippen LogP contribution in [0.25, 0.3) is 0 Å². The zero-order valence-electron chi connectivity index (χ0n) is 21.2. The first kappa shape index (κ1) is 30.3. The maximum absolute atomic E-state index is 13.7. The Labute approximate surface area is 227 Å². The van der Waals surface area contributed by atoms with Crippen LogP contribution in [0, 0.1) is 0 Å². The topological polar surface area (TPSA) is 98.7 Å². The van der Waals surface area contributed by atoms with Gasteiger partial charge in [0, 0.05) is 19.6 Å². The lowest BCUT2D eigenvalue weighted by Gasteiger charge is -2.28. The van der Waals surface area contributed by atoms with E-state index < -0.39 is 57.2 Å². The van der Waals surface area contributed by atoms with Crippen molar-refractivity contribution in [2.24, 2.45) is 0 Å². The first-order chi connectivity index (χ1) is 18.6. The molecule has 220 valence electrons. The van der Waals surface area contributed by atoms with Crippen molar-refractivity contribution in [1.29, 1.82) is 0 Å². The molecule has 40 heavy (non-hydrogen) atoms. The molecule has 14 heteroatoms. The second-order valence-electron chi connectivity index (χ2n) is 10.2. The zero-order valence-corrected chi connectivity index (χ0v) is 22.0. The molecule has 1 heterocycles. The van der Waals surface area contributed by atoms with Crippen molar-refractivity contribution in [2.45, 2.75) is 74.1 Å². The minimum Gasteiger partial charge on any atom is -0.392 e. The molecule has 1 saturated heterocycles. The van der Waals surface area contributed by atoms with Crippen LogP contribution in [0.1, 0.15) is 54.0 Å². The summed E-state index contributed by atoms with van der Waals surface area (Å²) in [4.78, 5) is 13.8. The van der Waals surface area contributed by atoms with E-state index in [0.717, 1.165) is 41.8 Å². The normalized spacial score (nSPS) is 21.2. The van der Waals surface area contributed by atoms with Gasteiger partial charge in [0.25, 0.3) is 0 Å². The van der Waals surface area contributed by atoms with Crippen LogP contribution in [0.4, 0.5) is 26.3 Å². The average molecular weight is 594 g/mol. The van der Waals surface area contributed by atoms with Crippen molar-refractivity contribution in [3.05, 3.63) is 64.7 Å². The number of aliphatic hydroxyl groups excluding tert-OH is 1. The van der Waals surface area contributed by atoms with Gasteiger partial charge >= 0.3 is 12.4 Å². The third kappa shape index (κ3) is 7.53. The third-order valence-electron chi connectivity index (χ3n) is 7.06. The minimum absolute atomic E-state index is 0.231. The Balaban J connectivity index is 1.44. The molecular weight excluding hydrogens is 564 g/mol. The van der Waals surface area contributed by atoms with E-state index in [4.69, 9.17) is 0 Å². The van der Waals surface area contributed by atoms with Gasteiger partial charge in [0.15, 0.2) is 0 Å². The SMILES string of the molecule is O=C(C[C@@H](NS(=O)(=O)c1cccc(C(F)(F)F)c1)C(F)(F)F)N[C@@H]1CCCc2cc(CN3CC[C@@H](O)C3)ccc21. The number of benzene rings is 2. The van der Waals surface area contributed by atoms with Gasteiger partial charge in [0.2, 0.25) is 15.9 Å². The Bertz CT molecular complexity index is 1330. The highest BCUT2D eigenvalue weighted by molar-refractivity contribution is 7.89. The third-order valence-corrected chi connectivity index (χ3v) is 8.53. The smallest absolute Gasteiger partial charge is 0.392 e. The van der Waals surface area contributed by atoms with Gasteiger partial charge < -0.3 is 10.4 Å². The number of nitrogens with zero attached hydrogens (tertiary/aromatic N) is 1. The molecule has 0 unspecified atom stereocenters. The van der Waals surface area contributed by atoms with E-state index in [1.165, 1.54) is 4.72 Å². The number of aliphatic hydroxyl groups is 1. The molecule has 1 amide bonds. The quantitative estimate of drug-likeness (QED) is 0.401. The van der Waals surface area contributed by atoms with Crippen LogP contribution in [0.3, 0.4) is 0 Å². The largest absolute Gasteiger partial charge is 0.416 e. The number of aryl methyl sites for hydroxylation is 1. The Morgan fingerprint density at radius 1 is 1.07 bits per heavy atom. The molecule has 2 aromatic rings. The number of amides is 1. The Morgan fingerprint density at radius 2 is 1.82 bits per heavy atom. The van der Waals surface area contributed by atoms with Crippen LogP contribution >= 0.6 is 0 Å². The molecule has 0 radical (unpaired) electrons. The molecule has 0 aromatic heterocycles. The number of carbonyl (C=O) groups excluding carboxylic acids is 1. The van der Waals surface area contributed by atoms with Gasteiger partial charge in [-0.2, -0.15) is 31.1 Å². The highest BCUT2D eigenvalue weighted by atomic mass is 32.2. The van der Waals surface area contributed by atoms with Crippen LogP contribution < -0.4 is 10.0 Å². The molecule has 0 spiro atoms. The monoisotopic (exact) mass is 593 g/mol. The Morgan fingerprint density at radius 3 is 2.48 bits per heavy atom. The lowest BCUT2D eigenvalue weighted by Crippen LogP contribution is -2.48. The fourth-order valence-corrected chi connectivity index (χ4v) is 6.36. The first-order valence-corrected chi connectivity index (χ1v) is 14.2. The van der Waals surface area contributed by atoms with Gasteiger partial charge in [0.1, 0.15) is 6.04 Å². The number of likely N-dealkylation sites (tertiary alicyclic amines) is 1. The number of carbonyl (C=O) groups is 1. The average Bonchev–Trinajstić information content (AvgIpc) is 3.27. The van der Waals surface area contributed by atoms with Gasteiger partial charge in [-0.3, -0.25) is 9.69 Å². The summed E-state index contributed by atoms with van der Waals surface area (Å²) in [7, 11) is -5.04. The van der Waals surface area contributed by atoms with Crippen molar-refractivity contribution in [3.63, 3.8) is 0 Å². The van der Waals surface area contributed by atoms with E-state index in [0.29, 0.717) is 38.4 Å². The highest BCUT2D eigenvalue weighted by Crippen LogP contribution is 2.33. The number of hydrogen-bond acceptors (Lipinski definition) is 5. The van der Waals surface area contributed by atoms with E-state index in [1.807, 2.05) is 18.2 Å². The lowest BCUT2D eigenvalue weighted by molar-refractivity contribution is -0.158. The van der Waals surface area contributed by atoms with Crippen LogP contribution in [-0.2, 0) is 34.0 Å². The van der Waals surface area contributed by atoms with E-state index in [2.05, 4.69) is 10.2 Å².